The first-order valence-corrected chi connectivity index (χ1v) is 7.18. The summed E-state index contributed by atoms with van der Waals surface area (Å²) in [7, 11) is 1.24. The van der Waals surface area contributed by atoms with Crippen LogP contribution in [0.2, 0.25) is 0 Å². The molecule has 1 amide bonds. The number of nitrogens with zero attached hydrogens (tertiary/aromatic N) is 2. The fraction of sp³-hybridized carbons (Fsp3) is 0.294. The summed E-state index contributed by atoms with van der Waals surface area (Å²) in [5.74, 6) is -1.42. The molecule has 0 aliphatic heterocycles. The molecule has 2 rings (SSSR count). The molecule has 0 bridgehead atoms. The maximum atomic E-state index is 12.4. The molecule has 1 aromatic carbocycles. The topological polar surface area (TPSA) is 92.1 Å². The molecule has 0 fully saturated rings. The summed E-state index contributed by atoms with van der Waals surface area (Å²) in [6, 6.07) is 11.9. The van der Waals surface area contributed by atoms with Gasteiger partial charge in [-0.1, -0.05) is 31.2 Å². The lowest BCUT2D eigenvalue weighted by molar-refractivity contribution is -0.144. The zero-order chi connectivity index (χ0) is 16.8. The fourth-order valence-electron chi connectivity index (χ4n) is 2.23. The molecule has 0 aliphatic rings. The average molecular weight is 311 g/mol. The van der Waals surface area contributed by atoms with Crippen molar-refractivity contribution in [2.75, 3.05) is 7.11 Å². The summed E-state index contributed by atoms with van der Waals surface area (Å²) in [6.45, 7) is 1.71. The summed E-state index contributed by atoms with van der Waals surface area (Å²) < 4.78 is 4.70. The van der Waals surface area contributed by atoms with Crippen LogP contribution in [-0.4, -0.2) is 30.0 Å². The quantitative estimate of drug-likeness (QED) is 0.853. The van der Waals surface area contributed by atoms with Crippen LogP contribution in [0, 0.1) is 17.2 Å². The Labute approximate surface area is 134 Å². The van der Waals surface area contributed by atoms with Crippen LogP contribution in [0.1, 0.15) is 23.8 Å². The van der Waals surface area contributed by atoms with Gasteiger partial charge in [0.25, 0.3) is 5.91 Å². The van der Waals surface area contributed by atoms with Crippen molar-refractivity contribution >= 4 is 22.8 Å². The highest BCUT2D eigenvalue weighted by Gasteiger charge is 2.28. The van der Waals surface area contributed by atoms with Gasteiger partial charge in [-0.3, -0.25) is 4.79 Å². The number of benzene rings is 1. The van der Waals surface area contributed by atoms with Crippen molar-refractivity contribution in [3.8, 4) is 6.07 Å². The number of nitrogens with one attached hydrogen (secondary N) is 1. The maximum Gasteiger partial charge on any atom is 0.328 e. The Bertz CT molecular complexity index is 767. The molecule has 2 aromatic rings. The molecule has 0 aliphatic carbocycles. The highest BCUT2D eigenvalue weighted by molar-refractivity contribution is 5.97. The molecular weight excluding hydrogens is 294 g/mol. The number of ether oxygens (including phenoxy) is 1. The van der Waals surface area contributed by atoms with E-state index < -0.39 is 17.9 Å². The largest absolute Gasteiger partial charge is 0.467 e. The standard InChI is InChI=1S/C17H17N3O3/c1-11(9-10-18)15(17(22)23-2)20-16(21)14-8-7-12-5-3-4-6-13(12)19-14/h3-8,11,15H,9H2,1-2H3,(H,20,21)/t11-,15-/m0/s1. The monoisotopic (exact) mass is 311 g/mol. The van der Waals surface area contributed by atoms with Crippen molar-refractivity contribution in [3.63, 3.8) is 0 Å². The predicted molar refractivity (Wildman–Crippen MR) is 84.4 cm³/mol. The van der Waals surface area contributed by atoms with E-state index in [1.807, 2.05) is 30.3 Å². The van der Waals surface area contributed by atoms with Gasteiger partial charge in [-0.25, -0.2) is 9.78 Å². The van der Waals surface area contributed by atoms with Crippen LogP contribution in [0.25, 0.3) is 10.9 Å². The number of methoxy groups -OCH3 is 1. The third-order valence-corrected chi connectivity index (χ3v) is 3.56. The SMILES string of the molecule is COC(=O)[C@@H](NC(=O)c1ccc2ccccc2n1)[C@@H](C)CC#N. The molecular formula is C17H17N3O3. The summed E-state index contributed by atoms with van der Waals surface area (Å²) in [4.78, 5) is 28.5. The number of hydrogen-bond donors (Lipinski definition) is 1. The molecule has 1 heterocycles. The van der Waals surface area contributed by atoms with Crippen LogP contribution in [0.5, 0.6) is 0 Å². The lowest BCUT2D eigenvalue weighted by atomic mass is 9.99. The number of fused-ring (bicyclic) bond motifs is 1. The molecule has 0 saturated carbocycles. The minimum Gasteiger partial charge on any atom is -0.467 e. The van der Waals surface area contributed by atoms with E-state index >= 15 is 0 Å². The molecule has 6 heteroatoms. The van der Waals surface area contributed by atoms with Crippen molar-refractivity contribution in [2.24, 2.45) is 5.92 Å². The Morgan fingerprint density at radius 3 is 2.74 bits per heavy atom. The third kappa shape index (κ3) is 3.83. The lowest BCUT2D eigenvalue weighted by Crippen LogP contribution is -2.46. The van der Waals surface area contributed by atoms with Gasteiger partial charge in [0.2, 0.25) is 0 Å². The third-order valence-electron chi connectivity index (χ3n) is 3.56. The highest BCUT2D eigenvalue weighted by Crippen LogP contribution is 2.13. The number of rotatable bonds is 5. The number of aromatic nitrogens is 1. The first kappa shape index (κ1) is 16.4. The van der Waals surface area contributed by atoms with Crippen molar-refractivity contribution in [3.05, 3.63) is 42.1 Å². The number of esters is 1. The fourth-order valence-corrected chi connectivity index (χ4v) is 2.23. The van der Waals surface area contributed by atoms with E-state index in [0.717, 1.165) is 5.39 Å². The van der Waals surface area contributed by atoms with Crippen LogP contribution < -0.4 is 5.32 Å². The summed E-state index contributed by atoms with van der Waals surface area (Å²) in [6.07, 6.45) is 0.130. The number of nitriles is 1. The van der Waals surface area contributed by atoms with E-state index in [-0.39, 0.29) is 18.0 Å². The van der Waals surface area contributed by atoms with Gasteiger partial charge in [-0.05, 0) is 12.1 Å². The first-order valence-electron chi connectivity index (χ1n) is 7.18. The summed E-state index contributed by atoms with van der Waals surface area (Å²) in [5.41, 5.74) is 0.904. The molecule has 0 spiro atoms. The van der Waals surface area contributed by atoms with Crippen LogP contribution in [-0.2, 0) is 9.53 Å². The zero-order valence-corrected chi connectivity index (χ0v) is 12.9. The van der Waals surface area contributed by atoms with Crippen molar-refractivity contribution in [2.45, 2.75) is 19.4 Å². The number of pyridine rings is 1. The van der Waals surface area contributed by atoms with Gasteiger partial charge >= 0.3 is 5.97 Å². The molecule has 118 valence electrons. The summed E-state index contributed by atoms with van der Waals surface area (Å²) in [5, 5.41) is 12.3. The normalized spacial score (nSPS) is 12.9. The maximum absolute atomic E-state index is 12.4. The minimum absolute atomic E-state index is 0.130. The highest BCUT2D eigenvalue weighted by atomic mass is 16.5. The second-order valence-corrected chi connectivity index (χ2v) is 5.20. The van der Waals surface area contributed by atoms with Crippen LogP contribution in [0.4, 0.5) is 0 Å². The Morgan fingerprint density at radius 2 is 2.04 bits per heavy atom. The number of carbonyl (C=O) groups is 2. The van der Waals surface area contributed by atoms with Gasteiger partial charge in [0.1, 0.15) is 11.7 Å². The number of para-hydroxylation sites is 1. The summed E-state index contributed by atoms with van der Waals surface area (Å²) >= 11 is 0. The van der Waals surface area contributed by atoms with Gasteiger partial charge in [-0.15, -0.1) is 0 Å². The van der Waals surface area contributed by atoms with Gasteiger partial charge in [0, 0.05) is 17.7 Å². The predicted octanol–water partition coefficient (Wildman–Crippen LogP) is 2.06. The Hall–Kier alpha value is -2.94. The molecule has 6 nitrogen and oxygen atoms in total. The Kier molecular flexibility index (Phi) is 5.26. The van der Waals surface area contributed by atoms with Crippen LogP contribution in [0.15, 0.2) is 36.4 Å². The van der Waals surface area contributed by atoms with Crippen LogP contribution >= 0.6 is 0 Å². The molecule has 2 atom stereocenters. The average Bonchev–Trinajstić information content (AvgIpc) is 2.58. The molecule has 23 heavy (non-hydrogen) atoms. The van der Waals surface area contributed by atoms with Crippen molar-refractivity contribution < 1.29 is 14.3 Å². The van der Waals surface area contributed by atoms with E-state index in [1.54, 1.807) is 19.1 Å². The molecule has 1 N–H and O–H groups in total. The number of hydrogen-bond acceptors (Lipinski definition) is 5. The van der Waals surface area contributed by atoms with Gasteiger partial charge in [0.15, 0.2) is 0 Å². The van der Waals surface area contributed by atoms with E-state index in [0.29, 0.717) is 5.52 Å². The minimum atomic E-state index is -0.888. The van der Waals surface area contributed by atoms with E-state index in [1.165, 1.54) is 7.11 Å². The van der Waals surface area contributed by atoms with Crippen molar-refractivity contribution in [1.29, 1.82) is 5.26 Å². The second kappa shape index (κ2) is 7.36. The van der Waals surface area contributed by atoms with Crippen LogP contribution in [0.3, 0.4) is 0 Å². The van der Waals surface area contributed by atoms with E-state index in [4.69, 9.17) is 10.00 Å². The van der Waals surface area contributed by atoms with E-state index in [9.17, 15) is 9.59 Å². The zero-order valence-electron chi connectivity index (χ0n) is 12.9. The lowest BCUT2D eigenvalue weighted by Gasteiger charge is -2.20. The number of amides is 1. The molecule has 1 aromatic heterocycles. The van der Waals surface area contributed by atoms with Gasteiger partial charge in [-0.2, -0.15) is 5.26 Å². The van der Waals surface area contributed by atoms with Crippen molar-refractivity contribution in [1.82, 2.24) is 10.3 Å². The van der Waals surface area contributed by atoms with Gasteiger partial charge < -0.3 is 10.1 Å². The smallest absolute Gasteiger partial charge is 0.328 e. The second-order valence-electron chi connectivity index (χ2n) is 5.20. The number of carbonyl (C=O) groups excluding carboxylic acids is 2. The molecule has 0 saturated heterocycles. The first-order chi connectivity index (χ1) is 11.1. The molecule has 0 unspecified atom stereocenters. The van der Waals surface area contributed by atoms with E-state index in [2.05, 4.69) is 10.3 Å². The van der Waals surface area contributed by atoms with Gasteiger partial charge in [0.05, 0.1) is 18.7 Å². The Morgan fingerprint density at radius 1 is 1.30 bits per heavy atom. The Balaban J connectivity index is 2.22. The molecule has 0 radical (unpaired) electrons.